The van der Waals surface area contributed by atoms with E-state index in [1.807, 2.05) is 42.5 Å². The van der Waals surface area contributed by atoms with E-state index in [2.05, 4.69) is 15.3 Å². The molecule has 0 radical (unpaired) electrons. The Morgan fingerprint density at radius 2 is 1.63 bits per heavy atom. The molecule has 1 aliphatic carbocycles. The van der Waals surface area contributed by atoms with Crippen molar-refractivity contribution in [2.45, 2.75) is 43.6 Å². The number of nitrogens with one attached hydrogen (secondary N) is 1. The van der Waals surface area contributed by atoms with Crippen LogP contribution in [0.25, 0.3) is 22.2 Å². The van der Waals surface area contributed by atoms with Crippen LogP contribution in [0, 0.1) is 0 Å². The van der Waals surface area contributed by atoms with Crippen molar-refractivity contribution in [2.24, 2.45) is 0 Å². The number of carboxylic acid groups (broad SMARTS) is 1. The van der Waals surface area contributed by atoms with Crippen LogP contribution in [-0.2, 0) is 21.4 Å². The van der Waals surface area contributed by atoms with Crippen LogP contribution in [-0.4, -0.2) is 33.0 Å². The molecule has 1 unspecified atom stereocenters. The number of carbonyl (C=O) groups excluding carboxylic acids is 1. The molecule has 4 aromatic rings. The number of hydrogen-bond donors (Lipinski definition) is 2. The fraction of sp³-hybridized carbons (Fsp3) is 0.241. The predicted octanol–water partition coefficient (Wildman–Crippen LogP) is 6.88. The van der Waals surface area contributed by atoms with Gasteiger partial charge in [-0.05, 0) is 54.3 Å². The molecule has 1 saturated carbocycles. The third-order valence-electron chi connectivity index (χ3n) is 7.19. The number of carboxylic acids is 1. The summed E-state index contributed by atoms with van der Waals surface area (Å²) in [5.74, 6) is -1.35. The Morgan fingerprint density at radius 3 is 2.29 bits per heavy atom. The van der Waals surface area contributed by atoms with E-state index in [0.717, 1.165) is 29.4 Å². The standard InChI is InChI=1S/C29H24Cl3N3O3/c30-20-7-5-19(6-8-20)29(11-1-2-12-29)28(38)35-25(27(36)37)14-17-3-9-23-18(13-17)4-10-24(34-23)26-21(31)15-33-16-22(26)32/h3-10,13,15-16,25H,1-2,11-12,14H2,(H,35,38)(H,36,37). The molecule has 0 aliphatic heterocycles. The average Bonchev–Trinajstić information content (AvgIpc) is 3.40. The van der Waals surface area contributed by atoms with Gasteiger partial charge < -0.3 is 10.4 Å². The Hall–Kier alpha value is -3.19. The van der Waals surface area contributed by atoms with Gasteiger partial charge in [0.15, 0.2) is 0 Å². The SMILES string of the molecule is O=C(O)C(Cc1ccc2nc(-c3c(Cl)cncc3Cl)ccc2c1)NC(=O)C1(c2ccc(Cl)cc2)CCCC1. The van der Waals surface area contributed by atoms with Gasteiger partial charge in [0.25, 0.3) is 0 Å². The van der Waals surface area contributed by atoms with Crippen LogP contribution >= 0.6 is 34.8 Å². The van der Waals surface area contributed by atoms with Crippen molar-refractivity contribution >= 4 is 57.6 Å². The molecule has 194 valence electrons. The monoisotopic (exact) mass is 567 g/mol. The minimum Gasteiger partial charge on any atom is -0.480 e. The second-order valence-electron chi connectivity index (χ2n) is 9.57. The number of fused-ring (bicyclic) bond motifs is 1. The van der Waals surface area contributed by atoms with E-state index >= 15 is 0 Å². The normalized spacial score (nSPS) is 15.3. The highest BCUT2D eigenvalue weighted by Gasteiger charge is 2.43. The number of nitrogens with zero attached hydrogens (tertiary/aromatic N) is 2. The molecule has 0 bridgehead atoms. The van der Waals surface area contributed by atoms with E-state index in [1.54, 1.807) is 12.1 Å². The van der Waals surface area contributed by atoms with Gasteiger partial charge in [0.05, 0.1) is 26.7 Å². The summed E-state index contributed by atoms with van der Waals surface area (Å²) in [6.45, 7) is 0. The molecular weight excluding hydrogens is 545 g/mol. The lowest BCUT2D eigenvalue weighted by Gasteiger charge is -2.30. The second kappa shape index (κ2) is 10.9. The van der Waals surface area contributed by atoms with Crippen molar-refractivity contribution in [3.63, 3.8) is 0 Å². The number of rotatable bonds is 7. The summed E-state index contributed by atoms with van der Waals surface area (Å²) >= 11 is 18.6. The largest absolute Gasteiger partial charge is 0.480 e. The van der Waals surface area contributed by atoms with Crippen molar-refractivity contribution in [2.75, 3.05) is 0 Å². The van der Waals surface area contributed by atoms with Crippen molar-refractivity contribution in [3.8, 4) is 11.3 Å². The highest BCUT2D eigenvalue weighted by atomic mass is 35.5. The summed E-state index contributed by atoms with van der Waals surface area (Å²) in [5.41, 5.74) is 2.80. The summed E-state index contributed by atoms with van der Waals surface area (Å²) in [6, 6.07) is 15.4. The van der Waals surface area contributed by atoms with Crippen LogP contribution in [0.4, 0.5) is 0 Å². The fourth-order valence-corrected chi connectivity index (χ4v) is 5.91. The average molecular weight is 569 g/mol. The molecule has 5 rings (SSSR count). The van der Waals surface area contributed by atoms with Gasteiger partial charge in [-0.1, -0.05) is 71.9 Å². The third kappa shape index (κ3) is 5.21. The number of hydrogen-bond acceptors (Lipinski definition) is 4. The number of benzene rings is 2. The predicted molar refractivity (Wildman–Crippen MR) is 150 cm³/mol. The van der Waals surface area contributed by atoms with Gasteiger partial charge in [0.2, 0.25) is 5.91 Å². The number of amides is 1. The smallest absolute Gasteiger partial charge is 0.326 e. The van der Waals surface area contributed by atoms with E-state index in [-0.39, 0.29) is 12.3 Å². The highest BCUT2D eigenvalue weighted by Crippen LogP contribution is 2.42. The zero-order valence-corrected chi connectivity index (χ0v) is 22.5. The molecule has 2 aromatic carbocycles. The van der Waals surface area contributed by atoms with E-state index in [9.17, 15) is 14.7 Å². The first-order valence-electron chi connectivity index (χ1n) is 12.3. The van der Waals surface area contributed by atoms with Crippen molar-refractivity contribution in [1.82, 2.24) is 15.3 Å². The van der Waals surface area contributed by atoms with Gasteiger partial charge in [-0.2, -0.15) is 0 Å². The number of pyridine rings is 2. The van der Waals surface area contributed by atoms with Crippen LogP contribution in [0.5, 0.6) is 0 Å². The van der Waals surface area contributed by atoms with Crippen LogP contribution in [0.2, 0.25) is 15.1 Å². The summed E-state index contributed by atoms with van der Waals surface area (Å²) < 4.78 is 0. The number of aliphatic carboxylic acids is 1. The second-order valence-corrected chi connectivity index (χ2v) is 10.8. The maximum absolute atomic E-state index is 13.6. The molecule has 2 N–H and O–H groups in total. The fourth-order valence-electron chi connectivity index (χ4n) is 5.22. The zero-order chi connectivity index (χ0) is 26.9. The third-order valence-corrected chi connectivity index (χ3v) is 8.02. The lowest BCUT2D eigenvalue weighted by molar-refractivity contribution is -0.142. The van der Waals surface area contributed by atoms with Crippen LogP contribution in [0.15, 0.2) is 67.0 Å². The molecular formula is C29H24Cl3N3O3. The minimum absolute atomic E-state index is 0.136. The van der Waals surface area contributed by atoms with Crippen LogP contribution in [0.3, 0.4) is 0 Å². The first-order valence-corrected chi connectivity index (χ1v) is 13.4. The maximum atomic E-state index is 13.6. The molecule has 1 amide bonds. The molecule has 1 aliphatic rings. The summed E-state index contributed by atoms with van der Waals surface area (Å²) in [5, 5.41) is 15.0. The van der Waals surface area contributed by atoms with E-state index in [0.29, 0.717) is 44.7 Å². The van der Waals surface area contributed by atoms with E-state index in [1.165, 1.54) is 12.4 Å². The van der Waals surface area contributed by atoms with Gasteiger partial charge in [-0.25, -0.2) is 9.78 Å². The zero-order valence-electron chi connectivity index (χ0n) is 20.3. The summed E-state index contributed by atoms with van der Waals surface area (Å²) in [4.78, 5) is 34.4. The number of carbonyl (C=O) groups is 2. The molecule has 9 heteroatoms. The summed E-state index contributed by atoms with van der Waals surface area (Å²) in [6.07, 6.45) is 6.32. The maximum Gasteiger partial charge on any atom is 0.326 e. The lowest BCUT2D eigenvalue weighted by Crippen LogP contribution is -2.50. The Kier molecular flexibility index (Phi) is 7.57. The molecule has 1 fully saturated rings. The van der Waals surface area contributed by atoms with Gasteiger partial charge in [0.1, 0.15) is 6.04 Å². The molecule has 6 nitrogen and oxygen atoms in total. The highest BCUT2D eigenvalue weighted by molar-refractivity contribution is 6.38. The molecule has 38 heavy (non-hydrogen) atoms. The molecule has 0 spiro atoms. The van der Waals surface area contributed by atoms with Gasteiger partial charge in [-0.15, -0.1) is 0 Å². The van der Waals surface area contributed by atoms with Crippen LogP contribution < -0.4 is 5.32 Å². The Bertz CT molecular complexity index is 1500. The van der Waals surface area contributed by atoms with Crippen LogP contribution in [0.1, 0.15) is 36.8 Å². The Morgan fingerprint density at radius 1 is 0.947 bits per heavy atom. The molecule has 0 saturated heterocycles. The minimum atomic E-state index is -1.09. The Labute approximate surface area is 235 Å². The van der Waals surface area contributed by atoms with Crippen molar-refractivity contribution in [3.05, 3.63) is 93.2 Å². The lowest BCUT2D eigenvalue weighted by atomic mass is 9.77. The number of aromatic nitrogens is 2. The molecule has 1 atom stereocenters. The van der Waals surface area contributed by atoms with Gasteiger partial charge in [0, 0.05) is 34.8 Å². The van der Waals surface area contributed by atoms with Gasteiger partial charge in [-0.3, -0.25) is 9.78 Å². The van der Waals surface area contributed by atoms with Crippen molar-refractivity contribution in [1.29, 1.82) is 0 Å². The quantitative estimate of drug-likeness (QED) is 0.253. The first-order chi connectivity index (χ1) is 18.3. The topological polar surface area (TPSA) is 92.2 Å². The molecule has 2 aromatic heterocycles. The van der Waals surface area contributed by atoms with E-state index < -0.39 is 17.4 Å². The van der Waals surface area contributed by atoms with Gasteiger partial charge >= 0.3 is 5.97 Å². The Balaban J connectivity index is 1.38. The molecule has 2 heterocycles. The number of halogens is 3. The van der Waals surface area contributed by atoms with Crippen molar-refractivity contribution < 1.29 is 14.7 Å². The van der Waals surface area contributed by atoms with E-state index in [4.69, 9.17) is 34.8 Å². The first kappa shape index (κ1) is 26.4. The summed E-state index contributed by atoms with van der Waals surface area (Å²) in [7, 11) is 0.